The number of carbonyl (C=O) groups excluding carboxylic acids is 2. The lowest BCUT2D eigenvalue weighted by atomic mass is 10.1. The van der Waals surface area contributed by atoms with Crippen LogP contribution in [0.25, 0.3) is 0 Å². The molecule has 2 rings (SSSR count). The van der Waals surface area contributed by atoms with Crippen molar-refractivity contribution in [2.75, 3.05) is 0 Å². The van der Waals surface area contributed by atoms with E-state index in [-0.39, 0.29) is 18.2 Å². The van der Waals surface area contributed by atoms with Gasteiger partial charge in [0.25, 0.3) is 5.91 Å². The molecule has 0 aromatic carbocycles. The van der Waals surface area contributed by atoms with Crippen LogP contribution < -0.4 is 10.9 Å². The van der Waals surface area contributed by atoms with E-state index in [2.05, 4.69) is 16.0 Å². The van der Waals surface area contributed by atoms with Crippen molar-refractivity contribution in [2.45, 2.75) is 40.5 Å². The number of amides is 2. The van der Waals surface area contributed by atoms with Crippen LogP contribution in [0.5, 0.6) is 0 Å². The van der Waals surface area contributed by atoms with E-state index in [9.17, 15) is 9.59 Å². The number of aromatic nitrogens is 1. The number of nitrogens with zero attached hydrogens (tertiary/aromatic N) is 1. The molecule has 2 N–H and O–H groups in total. The van der Waals surface area contributed by atoms with E-state index >= 15 is 0 Å². The monoisotopic (exact) mass is 321 g/mol. The number of hydrogen-bond donors (Lipinski definition) is 2. The summed E-state index contributed by atoms with van der Waals surface area (Å²) in [7, 11) is 0. The molecule has 2 aromatic rings. The highest BCUT2D eigenvalue weighted by molar-refractivity contribution is 7.14. The van der Waals surface area contributed by atoms with Crippen molar-refractivity contribution in [3.63, 3.8) is 0 Å². The van der Waals surface area contributed by atoms with Crippen LogP contribution in [0.3, 0.4) is 0 Å². The lowest BCUT2D eigenvalue weighted by Gasteiger charge is -2.06. The maximum absolute atomic E-state index is 12.0. The molecule has 0 saturated heterocycles. The third kappa shape index (κ3) is 3.54. The minimum absolute atomic E-state index is 0.116. The molecule has 0 saturated carbocycles. The third-order valence-electron chi connectivity index (χ3n) is 3.40. The molecule has 0 fully saturated rings. The Morgan fingerprint density at radius 2 is 2.00 bits per heavy atom. The topological polar surface area (TPSA) is 84.2 Å². The molecule has 6 nitrogen and oxygen atoms in total. The average molecular weight is 321 g/mol. The third-order valence-corrected chi connectivity index (χ3v) is 4.78. The molecule has 2 amide bonds. The number of hydrazine groups is 1. The van der Waals surface area contributed by atoms with Crippen molar-refractivity contribution in [2.24, 2.45) is 0 Å². The SMILES string of the molecule is CCc1sc(C(=O)NNC(=O)Cc2c(C)noc2C)cc1C. The van der Waals surface area contributed by atoms with Crippen molar-refractivity contribution >= 4 is 23.2 Å². The molecule has 0 atom stereocenters. The summed E-state index contributed by atoms with van der Waals surface area (Å²) in [5, 5.41) is 3.79. The molecular weight excluding hydrogens is 302 g/mol. The van der Waals surface area contributed by atoms with E-state index in [4.69, 9.17) is 4.52 Å². The number of rotatable bonds is 4. The molecule has 0 bridgehead atoms. The molecular formula is C15H19N3O3S. The summed E-state index contributed by atoms with van der Waals surface area (Å²) in [6.45, 7) is 7.55. The first-order valence-corrected chi connectivity index (χ1v) is 7.84. The molecule has 0 aliphatic carbocycles. The number of hydrogen-bond acceptors (Lipinski definition) is 5. The van der Waals surface area contributed by atoms with E-state index in [0.29, 0.717) is 16.3 Å². The fourth-order valence-electron chi connectivity index (χ4n) is 2.13. The summed E-state index contributed by atoms with van der Waals surface area (Å²) in [6.07, 6.45) is 1.01. The van der Waals surface area contributed by atoms with Gasteiger partial charge in [0, 0.05) is 10.4 Å². The summed E-state index contributed by atoms with van der Waals surface area (Å²) in [5.41, 5.74) is 7.38. The van der Waals surface area contributed by atoms with Crippen molar-refractivity contribution in [1.82, 2.24) is 16.0 Å². The van der Waals surface area contributed by atoms with Crippen LogP contribution in [0.4, 0.5) is 0 Å². The largest absolute Gasteiger partial charge is 0.361 e. The highest BCUT2D eigenvalue weighted by atomic mass is 32.1. The van der Waals surface area contributed by atoms with Gasteiger partial charge in [0.1, 0.15) is 5.76 Å². The first-order valence-electron chi connectivity index (χ1n) is 7.02. The van der Waals surface area contributed by atoms with Gasteiger partial charge >= 0.3 is 0 Å². The fourth-order valence-corrected chi connectivity index (χ4v) is 3.14. The second-order valence-electron chi connectivity index (χ2n) is 5.05. The van der Waals surface area contributed by atoms with Gasteiger partial charge in [-0.2, -0.15) is 0 Å². The van der Waals surface area contributed by atoms with Gasteiger partial charge in [0.2, 0.25) is 5.91 Å². The maximum atomic E-state index is 12.0. The molecule has 118 valence electrons. The Kier molecular flexibility index (Phi) is 4.97. The maximum Gasteiger partial charge on any atom is 0.279 e. The van der Waals surface area contributed by atoms with Crippen LogP contribution in [0.15, 0.2) is 10.6 Å². The minimum atomic E-state index is -0.313. The Labute approximate surface area is 132 Å². The second-order valence-corrected chi connectivity index (χ2v) is 6.19. The van der Waals surface area contributed by atoms with Gasteiger partial charge in [-0.1, -0.05) is 12.1 Å². The molecule has 0 radical (unpaired) electrons. The van der Waals surface area contributed by atoms with Crippen molar-refractivity contribution in [1.29, 1.82) is 0 Å². The summed E-state index contributed by atoms with van der Waals surface area (Å²) in [4.78, 5) is 25.7. The van der Waals surface area contributed by atoms with Gasteiger partial charge in [0.05, 0.1) is 17.0 Å². The predicted octanol–water partition coefficient (Wildman–Crippen LogP) is 2.23. The van der Waals surface area contributed by atoms with E-state index < -0.39 is 0 Å². The molecule has 2 heterocycles. The van der Waals surface area contributed by atoms with Crippen molar-refractivity contribution in [3.8, 4) is 0 Å². The Hall–Kier alpha value is -2.15. The van der Waals surface area contributed by atoms with Crippen LogP contribution in [0.2, 0.25) is 0 Å². The first kappa shape index (κ1) is 16.2. The Morgan fingerprint density at radius 1 is 1.27 bits per heavy atom. The van der Waals surface area contributed by atoms with Crippen LogP contribution in [-0.2, 0) is 17.6 Å². The van der Waals surface area contributed by atoms with E-state index in [1.165, 1.54) is 16.2 Å². The fraction of sp³-hybridized carbons (Fsp3) is 0.400. The van der Waals surface area contributed by atoms with E-state index in [1.54, 1.807) is 13.8 Å². The highest BCUT2D eigenvalue weighted by Crippen LogP contribution is 2.22. The Morgan fingerprint density at radius 3 is 2.55 bits per heavy atom. The van der Waals surface area contributed by atoms with E-state index in [1.807, 2.05) is 19.9 Å². The molecule has 0 aliphatic heterocycles. The summed E-state index contributed by atoms with van der Waals surface area (Å²) < 4.78 is 5.00. The average Bonchev–Trinajstić information content (AvgIpc) is 3.01. The number of carbonyl (C=O) groups is 2. The molecule has 7 heteroatoms. The van der Waals surface area contributed by atoms with Gasteiger partial charge in [-0.15, -0.1) is 11.3 Å². The molecule has 0 spiro atoms. The quantitative estimate of drug-likeness (QED) is 0.846. The Balaban J connectivity index is 1.92. The van der Waals surface area contributed by atoms with Gasteiger partial charge in [-0.25, -0.2) is 0 Å². The Bertz CT molecular complexity index is 683. The van der Waals surface area contributed by atoms with Gasteiger partial charge in [-0.05, 0) is 38.8 Å². The van der Waals surface area contributed by atoms with Crippen LogP contribution in [0, 0.1) is 20.8 Å². The number of thiophene rings is 1. The van der Waals surface area contributed by atoms with Gasteiger partial charge in [-0.3, -0.25) is 20.4 Å². The predicted molar refractivity (Wildman–Crippen MR) is 83.7 cm³/mol. The second kappa shape index (κ2) is 6.74. The van der Waals surface area contributed by atoms with Crippen LogP contribution in [0.1, 0.15) is 44.1 Å². The van der Waals surface area contributed by atoms with E-state index in [0.717, 1.165) is 17.5 Å². The zero-order chi connectivity index (χ0) is 16.3. The molecule has 22 heavy (non-hydrogen) atoms. The lowest BCUT2D eigenvalue weighted by molar-refractivity contribution is -0.121. The van der Waals surface area contributed by atoms with Crippen LogP contribution in [-0.4, -0.2) is 17.0 Å². The summed E-state index contributed by atoms with van der Waals surface area (Å²) >= 11 is 1.44. The molecule has 0 unspecified atom stereocenters. The lowest BCUT2D eigenvalue weighted by Crippen LogP contribution is -2.42. The number of aryl methyl sites for hydroxylation is 4. The van der Waals surface area contributed by atoms with Gasteiger partial charge in [0.15, 0.2) is 0 Å². The normalized spacial score (nSPS) is 10.5. The summed E-state index contributed by atoms with van der Waals surface area (Å²) in [5.74, 6) is -0.00731. The first-order chi connectivity index (χ1) is 10.4. The highest BCUT2D eigenvalue weighted by Gasteiger charge is 2.15. The molecule has 0 aliphatic rings. The number of nitrogens with one attached hydrogen (secondary N) is 2. The standard InChI is InChI=1S/C15H19N3O3S/c1-5-12-8(2)6-13(22-12)15(20)17-16-14(19)7-11-9(3)18-21-10(11)4/h6H,5,7H2,1-4H3,(H,16,19)(H,17,20). The zero-order valence-corrected chi connectivity index (χ0v) is 13.9. The smallest absolute Gasteiger partial charge is 0.279 e. The van der Waals surface area contributed by atoms with Gasteiger partial charge < -0.3 is 4.52 Å². The summed E-state index contributed by atoms with van der Waals surface area (Å²) in [6, 6.07) is 1.83. The van der Waals surface area contributed by atoms with Crippen molar-refractivity contribution in [3.05, 3.63) is 38.4 Å². The molecule has 2 aromatic heterocycles. The van der Waals surface area contributed by atoms with Crippen LogP contribution >= 0.6 is 11.3 Å². The van der Waals surface area contributed by atoms with Crippen molar-refractivity contribution < 1.29 is 14.1 Å². The minimum Gasteiger partial charge on any atom is -0.361 e. The zero-order valence-electron chi connectivity index (χ0n) is 13.1.